The van der Waals surface area contributed by atoms with Crippen LogP contribution in [0.25, 0.3) is 0 Å². The van der Waals surface area contributed by atoms with E-state index >= 15 is 0 Å². The van der Waals surface area contributed by atoms with E-state index in [1.807, 2.05) is 0 Å². The molecule has 2 nitrogen and oxygen atoms in total. The SMILES string of the molecule is Cc1cccc(CCN2CCC(CN)C2)c1. The molecule has 0 aliphatic carbocycles. The molecule has 0 radical (unpaired) electrons. The van der Waals surface area contributed by atoms with Crippen LogP contribution in [0.4, 0.5) is 0 Å². The van der Waals surface area contributed by atoms with Gasteiger partial charge < -0.3 is 10.6 Å². The van der Waals surface area contributed by atoms with E-state index in [0.29, 0.717) is 0 Å². The van der Waals surface area contributed by atoms with E-state index in [0.717, 1.165) is 12.5 Å². The molecule has 0 spiro atoms. The zero-order valence-corrected chi connectivity index (χ0v) is 10.2. The van der Waals surface area contributed by atoms with Crippen LogP contribution in [-0.4, -0.2) is 31.1 Å². The van der Waals surface area contributed by atoms with Crippen LogP contribution < -0.4 is 5.73 Å². The van der Waals surface area contributed by atoms with Crippen molar-refractivity contribution < 1.29 is 0 Å². The van der Waals surface area contributed by atoms with Crippen LogP contribution in [0.5, 0.6) is 0 Å². The number of benzene rings is 1. The number of rotatable bonds is 4. The molecule has 2 rings (SSSR count). The summed E-state index contributed by atoms with van der Waals surface area (Å²) >= 11 is 0. The summed E-state index contributed by atoms with van der Waals surface area (Å²) in [5.74, 6) is 0.734. The topological polar surface area (TPSA) is 29.3 Å². The minimum absolute atomic E-state index is 0.734. The first kappa shape index (κ1) is 11.6. The predicted octanol–water partition coefficient (Wildman–Crippen LogP) is 1.82. The predicted molar refractivity (Wildman–Crippen MR) is 68.5 cm³/mol. The minimum atomic E-state index is 0.734. The van der Waals surface area contributed by atoms with Crippen molar-refractivity contribution in [3.8, 4) is 0 Å². The highest BCUT2D eigenvalue weighted by Gasteiger charge is 2.20. The van der Waals surface area contributed by atoms with Crippen LogP contribution >= 0.6 is 0 Å². The highest BCUT2D eigenvalue weighted by atomic mass is 15.1. The first-order valence-electron chi connectivity index (χ1n) is 6.26. The van der Waals surface area contributed by atoms with Gasteiger partial charge in [-0.2, -0.15) is 0 Å². The fourth-order valence-corrected chi connectivity index (χ4v) is 2.46. The normalized spacial score (nSPS) is 21.5. The zero-order valence-electron chi connectivity index (χ0n) is 10.2. The van der Waals surface area contributed by atoms with Gasteiger partial charge in [-0.1, -0.05) is 29.8 Å². The Labute approximate surface area is 98.4 Å². The van der Waals surface area contributed by atoms with Gasteiger partial charge in [-0.05, 0) is 44.3 Å². The molecule has 88 valence electrons. The van der Waals surface area contributed by atoms with Gasteiger partial charge in [0.05, 0.1) is 0 Å². The standard InChI is InChI=1S/C14H22N2/c1-12-3-2-4-13(9-12)5-7-16-8-6-14(10-15)11-16/h2-4,9,14H,5-8,10-11,15H2,1H3. The summed E-state index contributed by atoms with van der Waals surface area (Å²) in [4.78, 5) is 2.54. The smallest absolute Gasteiger partial charge is 0.00223 e. The number of hydrogen-bond acceptors (Lipinski definition) is 2. The van der Waals surface area contributed by atoms with Gasteiger partial charge in [-0.3, -0.25) is 0 Å². The third kappa shape index (κ3) is 3.06. The number of nitrogens with zero attached hydrogens (tertiary/aromatic N) is 1. The molecule has 1 aliphatic rings. The summed E-state index contributed by atoms with van der Waals surface area (Å²) in [5.41, 5.74) is 8.51. The van der Waals surface area contributed by atoms with Crippen LogP contribution in [0.3, 0.4) is 0 Å². The Hall–Kier alpha value is -0.860. The molecule has 1 fully saturated rings. The molecular weight excluding hydrogens is 196 g/mol. The van der Waals surface area contributed by atoms with Crippen molar-refractivity contribution in [3.63, 3.8) is 0 Å². The Morgan fingerprint density at radius 2 is 2.31 bits per heavy atom. The van der Waals surface area contributed by atoms with Gasteiger partial charge in [0.2, 0.25) is 0 Å². The lowest BCUT2D eigenvalue weighted by Gasteiger charge is -2.15. The van der Waals surface area contributed by atoms with Crippen molar-refractivity contribution in [2.75, 3.05) is 26.2 Å². The molecule has 1 unspecified atom stereocenters. The number of likely N-dealkylation sites (tertiary alicyclic amines) is 1. The molecular formula is C14H22N2. The molecule has 16 heavy (non-hydrogen) atoms. The highest BCUT2D eigenvalue weighted by molar-refractivity contribution is 5.22. The van der Waals surface area contributed by atoms with Crippen molar-refractivity contribution in [3.05, 3.63) is 35.4 Å². The van der Waals surface area contributed by atoms with Crippen LogP contribution in [-0.2, 0) is 6.42 Å². The maximum absolute atomic E-state index is 5.70. The van der Waals surface area contributed by atoms with E-state index in [2.05, 4.69) is 36.1 Å². The summed E-state index contributed by atoms with van der Waals surface area (Å²) in [7, 11) is 0. The van der Waals surface area contributed by atoms with Crippen LogP contribution in [0.15, 0.2) is 24.3 Å². The van der Waals surface area contributed by atoms with E-state index < -0.39 is 0 Å². The van der Waals surface area contributed by atoms with Gasteiger partial charge in [-0.15, -0.1) is 0 Å². The van der Waals surface area contributed by atoms with Crippen molar-refractivity contribution in [2.45, 2.75) is 19.8 Å². The second-order valence-corrected chi connectivity index (χ2v) is 4.93. The monoisotopic (exact) mass is 218 g/mol. The summed E-state index contributed by atoms with van der Waals surface area (Å²) in [6, 6.07) is 8.82. The lowest BCUT2D eigenvalue weighted by Crippen LogP contribution is -2.25. The van der Waals surface area contributed by atoms with Crippen LogP contribution in [0.2, 0.25) is 0 Å². The van der Waals surface area contributed by atoms with E-state index in [-0.39, 0.29) is 0 Å². The van der Waals surface area contributed by atoms with Crippen LogP contribution in [0, 0.1) is 12.8 Å². The van der Waals surface area contributed by atoms with Gasteiger partial charge in [0.25, 0.3) is 0 Å². The highest BCUT2D eigenvalue weighted by Crippen LogP contribution is 2.15. The Morgan fingerprint density at radius 1 is 1.44 bits per heavy atom. The Bertz CT molecular complexity index is 335. The fourth-order valence-electron chi connectivity index (χ4n) is 2.46. The summed E-state index contributed by atoms with van der Waals surface area (Å²) in [5, 5.41) is 0. The first-order chi connectivity index (χ1) is 7.78. The second kappa shape index (κ2) is 5.46. The van der Waals surface area contributed by atoms with Gasteiger partial charge >= 0.3 is 0 Å². The molecule has 2 heteroatoms. The lowest BCUT2D eigenvalue weighted by molar-refractivity contribution is 0.329. The summed E-state index contributed by atoms with van der Waals surface area (Å²) in [6.45, 7) is 6.61. The molecule has 0 aromatic heterocycles. The van der Waals surface area contributed by atoms with Crippen molar-refractivity contribution in [1.29, 1.82) is 0 Å². The summed E-state index contributed by atoms with van der Waals surface area (Å²) in [6.07, 6.45) is 2.45. The van der Waals surface area contributed by atoms with E-state index in [4.69, 9.17) is 5.73 Å². The molecule has 1 aromatic rings. The van der Waals surface area contributed by atoms with Crippen molar-refractivity contribution in [1.82, 2.24) is 4.90 Å². The molecule has 1 heterocycles. The van der Waals surface area contributed by atoms with E-state index in [1.165, 1.54) is 43.6 Å². The lowest BCUT2D eigenvalue weighted by atomic mass is 10.1. The minimum Gasteiger partial charge on any atom is -0.330 e. The maximum atomic E-state index is 5.70. The average molecular weight is 218 g/mol. The van der Waals surface area contributed by atoms with Gasteiger partial charge in [0.15, 0.2) is 0 Å². The van der Waals surface area contributed by atoms with Gasteiger partial charge in [0.1, 0.15) is 0 Å². The Morgan fingerprint density at radius 3 is 3.00 bits per heavy atom. The molecule has 1 aromatic carbocycles. The fraction of sp³-hybridized carbons (Fsp3) is 0.571. The molecule has 0 amide bonds. The van der Waals surface area contributed by atoms with Crippen molar-refractivity contribution in [2.24, 2.45) is 11.7 Å². The van der Waals surface area contributed by atoms with Gasteiger partial charge in [0, 0.05) is 13.1 Å². The number of aryl methyl sites for hydroxylation is 1. The van der Waals surface area contributed by atoms with Crippen molar-refractivity contribution >= 4 is 0 Å². The number of nitrogens with two attached hydrogens (primary N) is 1. The molecule has 2 N–H and O–H groups in total. The molecule has 1 saturated heterocycles. The van der Waals surface area contributed by atoms with Gasteiger partial charge in [-0.25, -0.2) is 0 Å². The molecule has 1 aliphatic heterocycles. The Balaban J connectivity index is 1.80. The number of hydrogen-bond donors (Lipinski definition) is 1. The second-order valence-electron chi connectivity index (χ2n) is 4.93. The first-order valence-corrected chi connectivity index (χ1v) is 6.26. The molecule has 1 atom stereocenters. The average Bonchev–Trinajstić information content (AvgIpc) is 2.74. The van der Waals surface area contributed by atoms with E-state index in [1.54, 1.807) is 0 Å². The zero-order chi connectivity index (χ0) is 11.4. The van der Waals surface area contributed by atoms with E-state index in [9.17, 15) is 0 Å². The molecule has 0 bridgehead atoms. The maximum Gasteiger partial charge on any atom is 0.00223 e. The third-order valence-corrected chi connectivity index (χ3v) is 3.50. The third-order valence-electron chi connectivity index (χ3n) is 3.50. The largest absolute Gasteiger partial charge is 0.330 e. The van der Waals surface area contributed by atoms with Crippen LogP contribution in [0.1, 0.15) is 17.5 Å². The molecule has 0 saturated carbocycles. The Kier molecular flexibility index (Phi) is 3.97. The quantitative estimate of drug-likeness (QED) is 0.835. The summed E-state index contributed by atoms with van der Waals surface area (Å²) < 4.78 is 0.